The first-order valence-corrected chi connectivity index (χ1v) is 9.19. The molecule has 0 unspecified atom stereocenters. The van der Waals surface area contributed by atoms with E-state index in [1.807, 2.05) is 24.3 Å². The van der Waals surface area contributed by atoms with Gasteiger partial charge in [-0.15, -0.1) is 0 Å². The van der Waals surface area contributed by atoms with Gasteiger partial charge in [0.05, 0.1) is 0 Å². The molecule has 0 radical (unpaired) electrons. The lowest BCUT2D eigenvalue weighted by molar-refractivity contribution is -0.121. The average molecular weight is 358 g/mol. The molecule has 1 fully saturated rings. The molecule has 0 saturated carbocycles. The summed E-state index contributed by atoms with van der Waals surface area (Å²) in [5.74, 6) is 0.0149. The van der Waals surface area contributed by atoms with Crippen molar-refractivity contribution >= 4 is 28.9 Å². The van der Waals surface area contributed by atoms with Crippen molar-refractivity contribution < 1.29 is 4.79 Å². The van der Waals surface area contributed by atoms with Crippen molar-refractivity contribution in [1.82, 2.24) is 5.32 Å². The first-order valence-electron chi connectivity index (χ1n) is 8.81. The Morgan fingerprint density at radius 3 is 2.48 bits per heavy atom. The highest BCUT2D eigenvalue weighted by Crippen LogP contribution is 2.22. The average Bonchev–Trinajstić information content (AvgIpc) is 3.16. The second kappa shape index (κ2) is 8.77. The molecule has 0 spiro atoms. The summed E-state index contributed by atoms with van der Waals surface area (Å²) in [4.78, 5) is 14.4. The van der Waals surface area contributed by atoms with Crippen molar-refractivity contribution in [2.24, 2.45) is 0 Å². The summed E-state index contributed by atoms with van der Waals surface area (Å²) in [6, 6.07) is 16.0. The number of nitrogens with zero attached hydrogens (tertiary/aromatic N) is 1. The molecule has 0 aromatic heterocycles. The molecule has 132 valence electrons. The molecule has 1 heterocycles. The quantitative estimate of drug-likeness (QED) is 0.785. The molecule has 2 aromatic rings. The van der Waals surface area contributed by atoms with E-state index in [1.165, 1.54) is 18.5 Å². The van der Waals surface area contributed by atoms with Gasteiger partial charge in [0.1, 0.15) is 0 Å². The minimum atomic E-state index is 0.0149. The number of rotatable bonds is 7. The van der Waals surface area contributed by atoms with Crippen LogP contribution in [0.2, 0.25) is 5.02 Å². The normalized spacial score (nSPS) is 13.7. The van der Waals surface area contributed by atoms with Crippen molar-refractivity contribution in [3.8, 4) is 0 Å². The van der Waals surface area contributed by atoms with Crippen molar-refractivity contribution in [2.45, 2.75) is 25.8 Å². The molecule has 0 atom stereocenters. The van der Waals surface area contributed by atoms with Crippen LogP contribution in [-0.4, -0.2) is 25.5 Å². The number of carbonyl (C=O) groups is 1. The topological polar surface area (TPSA) is 44.4 Å². The fourth-order valence-electron chi connectivity index (χ4n) is 3.01. The molecular formula is C20H24ClN3O. The van der Waals surface area contributed by atoms with E-state index in [2.05, 4.69) is 39.8 Å². The predicted octanol–water partition coefficient (Wildman–Crippen LogP) is 4.06. The summed E-state index contributed by atoms with van der Waals surface area (Å²) in [7, 11) is 0. The third kappa shape index (κ3) is 5.13. The van der Waals surface area contributed by atoms with Gasteiger partial charge in [0, 0.05) is 49.0 Å². The highest BCUT2D eigenvalue weighted by atomic mass is 35.5. The lowest BCUT2D eigenvalue weighted by atomic mass is 10.2. The van der Waals surface area contributed by atoms with Crippen LogP contribution in [0.15, 0.2) is 48.5 Å². The SMILES string of the molecule is O=C(CCNc1ccc(N2CCCC2)cc1)NCc1ccccc1Cl. The van der Waals surface area contributed by atoms with Crippen LogP contribution in [0.5, 0.6) is 0 Å². The predicted molar refractivity (Wildman–Crippen MR) is 104 cm³/mol. The third-order valence-corrected chi connectivity index (χ3v) is 4.82. The highest BCUT2D eigenvalue weighted by Gasteiger charge is 2.11. The number of carbonyl (C=O) groups excluding carboxylic acids is 1. The molecule has 1 amide bonds. The first kappa shape index (κ1) is 17.6. The van der Waals surface area contributed by atoms with Crippen molar-refractivity contribution in [3.63, 3.8) is 0 Å². The monoisotopic (exact) mass is 357 g/mol. The summed E-state index contributed by atoms with van der Waals surface area (Å²) in [6.45, 7) is 3.37. The maximum atomic E-state index is 11.9. The summed E-state index contributed by atoms with van der Waals surface area (Å²) in [5, 5.41) is 6.88. The standard InChI is InChI=1S/C20H24ClN3O/c21-19-6-2-1-5-16(19)15-23-20(25)11-12-22-17-7-9-18(10-8-17)24-13-3-4-14-24/h1-2,5-10,22H,3-4,11-15H2,(H,23,25). The number of anilines is 2. The van der Waals surface area contributed by atoms with E-state index in [-0.39, 0.29) is 5.91 Å². The largest absolute Gasteiger partial charge is 0.385 e. The molecule has 4 nitrogen and oxygen atoms in total. The fraction of sp³-hybridized carbons (Fsp3) is 0.350. The Labute approximate surface area is 154 Å². The van der Waals surface area contributed by atoms with Gasteiger partial charge in [0.2, 0.25) is 5.91 Å². The number of nitrogens with one attached hydrogen (secondary N) is 2. The molecule has 5 heteroatoms. The van der Waals surface area contributed by atoms with Gasteiger partial charge in [0.15, 0.2) is 0 Å². The van der Waals surface area contributed by atoms with E-state index >= 15 is 0 Å². The first-order chi connectivity index (χ1) is 12.2. The number of hydrogen-bond acceptors (Lipinski definition) is 3. The van der Waals surface area contributed by atoms with E-state index in [0.29, 0.717) is 24.5 Å². The molecule has 1 aliphatic heterocycles. The summed E-state index contributed by atoms with van der Waals surface area (Å²) >= 11 is 6.08. The van der Waals surface area contributed by atoms with E-state index in [1.54, 1.807) is 0 Å². The van der Waals surface area contributed by atoms with Crippen LogP contribution in [-0.2, 0) is 11.3 Å². The molecule has 2 N–H and O–H groups in total. The Hall–Kier alpha value is -2.20. The van der Waals surface area contributed by atoms with Gasteiger partial charge >= 0.3 is 0 Å². The zero-order chi connectivity index (χ0) is 17.5. The Bertz CT molecular complexity index is 696. The summed E-state index contributed by atoms with van der Waals surface area (Å²) < 4.78 is 0. The Kier molecular flexibility index (Phi) is 6.18. The van der Waals surface area contributed by atoms with Crippen LogP contribution in [0.3, 0.4) is 0 Å². The Morgan fingerprint density at radius 2 is 1.76 bits per heavy atom. The smallest absolute Gasteiger partial charge is 0.222 e. The number of hydrogen-bond donors (Lipinski definition) is 2. The van der Waals surface area contributed by atoms with E-state index in [9.17, 15) is 4.79 Å². The van der Waals surface area contributed by atoms with Crippen LogP contribution in [0, 0.1) is 0 Å². The van der Waals surface area contributed by atoms with Gasteiger partial charge in [0.25, 0.3) is 0 Å². The van der Waals surface area contributed by atoms with Crippen LogP contribution < -0.4 is 15.5 Å². The number of halogens is 1. The van der Waals surface area contributed by atoms with Gasteiger partial charge in [-0.05, 0) is 48.7 Å². The van der Waals surface area contributed by atoms with E-state index in [0.717, 1.165) is 24.3 Å². The molecule has 1 aliphatic rings. The highest BCUT2D eigenvalue weighted by molar-refractivity contribution is 6.31. The van der Waals surface area contributed by atoms with Gasteiger partial charge in [-0.2, -0.15) is 0 Å². The minimum absolute atomic E-state index is 0.0149. The maximum absolute atomic E-state index is 11.9. The van der Waals surface area contributed by atoms with Gasteiger partial charge in [-0.3, -0.25) is 4.79 Å². The van der Waals surface area contributed by atoms with Crippen LogP contribution in [0.4, 0.5) is 11.4 Å². The second-order valence-electron chi connectivity index (χ2n) is 6.29. The molecule has 0 bridgehead atoms. The molecular weight excluding hydrogens is 334 g/mol. The molecule has 1 saturated heterocycles. The van der Waals surface area contributed by atoms with Crippen molar-refractivity contribution in [3.05, 3.63) is 59.1 Å². The van der Waals surface area contributed by atoms with Crippen molar-refractivity contribution in [1.29, 1.82) is 0 Å². The van der Waals surface area contributed by atoms with Gasteiger partial charge < -0.3 is 15.5 Å². The van der Waals surface area contributed by atoms with Crippen molar-refractivity contribution in [2.75, 3.05) is 29.9 Å². The molecule has 0 aliphatic carbocycles. The number of amides is 1. The molecule has 25 heavy (non-hydrogen) atoms. The molecule has 3 rings (SSSR count). The van der Waals surface area contributed by atoms with Gasteiger partial charge in [-0.25, -0.2) is 0 Å². The summed E-state index contributed by atoms with van der Waals surface area (Å²) in [6.07, 6.45) is 2.99. The zero-order valence-corrected chi connectivity index (χ0v) is 15.1. The van der Waals surface area contributed by atoms with Crippen LogP contribution >= 0.6 is 11.6 Å². The maximum Gasteiger partial charge on any atom is 0.222 e. The second-order valence-corrected chi connectivity index (χ2v) is 6.69. The van der Waals surface area contributed by atoms with E-state index in [4.69, 9.17) is 11.6 Å². The minimum Gasteiger partial charge on any atom is -0.385 e. The molecule has 2 aromatic carbocycles. The Morgan fingerprint density at radius 1 is 1.04 bits per heavy atom. The Balaban J connectivity index is 1.38. The van der Waals surface area contributed by atoms with E-state index < -0.39 is 0 Å². The lowest BCUT2D eigenvalue weighted by Gasteiger charge is -2.18. The van der Waals surface area contributed by atoms with Gasteiger partial charge in [-0.1, -0.05) is 29.8 Å². The fourth-order valence-corrected chi connectivity index (χ4v) is 3.21. The zero-order valence-electron chi connectivity index (χ0n) is 14.3. The number of benzene rings is 2. The summed E-state index contributed by atoms with van der Waals surface area (Å²) in [5.41, 5.74) is 3.25. The lowest BCUT2D eigenvalue weighted by Crippen LogP contribution is -2.25. The van der Waals surface area contributed by atoms with Crippen LogP contribution in [0.1, 0.15) is 24.8 Å². The van der Waals surface area contributed by atoms with Crippen LogP contribution in [0.25, 0.3) is 0 Å². The third-order valence-electron chi connectivity index (χ3n) is 4.45.